The van der Waals surface area contributed by atoms with Crippen LogP contribution in [0.15, 0.2) is 46.4 Å². The molecule has 0 saturated heterocycles. The van der Waals surface area contributed by atoms with Gasteiger partial charge in [0.1, 0.15) is 0 Å². The van der Waals surface area contributed by atoms with Crippen LogP contribution in [0.4, 0.5) is 5.69 Å². The zero-order chi connectivity index (χ0) is 13.9. The van der Waals surface area contributed by atoms with E-state index in [2.05, 4.69) is 74.1 Å². The van der Waals surface area contributed by atoms with Gasteiger partial charge in [0.05, 0.1) is 16.8 Å². The van der Waals surface area contributed by atoms with Crippen molar-refractivity contribution in [2.75, 3.05) is 5.32 Å². The maximum absolute atomic E-state index is 4.16. The summed E-state index contributed by atoms with van der Waals surface area (Å²) in [4.78, 5) is 1.21. The summed E-state index contributed by atoms with van der Waals surface area (Å²) in [7, 11) is 0. The second-order valence-electron chi connectivity index (χ2n) is 4.62. The van der Waals surface area contributed by atoms with Gasteiger partial charge in [-0.1, -0.05) is 22.0 Å². The Labute approximate surface area is 130 Å². The molecule has 0 unspecified atom stereocenters. The van der Waals surface area contributed by atoms with E-state index in [1.54, 1.807) is 11.3 Å². The molecule has 0 bridgehead atoms. The first-order valence-corrected chi connectivity index (χ1v) is 7.97. The summed E-state index contributed by atoms with van der Waals surface area (Å²) < 4.78 is 1.09. The third kappa shape index (κ3) is 2.94. The van der Waals surface area contributed by atoms with Crippen LogP contribution >= 0.6 is 27.3 Å². The van der Waals surface area contributed by atoms with E-state index in [9.17, 15) is 0 Å². The van der Waals surface area contributed by atoms with Crippen LogP contribution in [0.5, 0.6) is 0 Å². The highest BCUT2D eigenvalue weighted by Crippen LogP contribution is 2.26. The Hall–Kier alpha value is -1.59. The lowest BCUT2D eigenvalue weighted by molar-refractivity contribution is 1.10. The number of anilines is 1. The zero-order valence-electron chi connectivity index (χ0n) is 11.0. The van der Waals surface area contributed by atoms with Crippen molar-refractivity contribution in [3.8, 4) is 10.6 Å². The highest BCUT2D eigenvalue weighted by molar-refractivity contribution is 9.10. The van der Waals surface area contributed by atoms with E-state index in [0.717, 1.165) is 22.4 Å². The van der Waals surface area contributed by atoms with Gasteiger partial charge in [0.15, 0.2) is 0 Å². The number of aryl methyl sites for hydroxylation is 1. The van der Waals surface area contributed by atoms with Crippen molar-refractivity contribution < 1.29 is 0 Å². The fourth-order valence-corrected chi connectivity index (χ4v) is 3.48. The number of H-pyrrole nitrogens is 1. The second-order valence-corrected chi connectivity index (χ2v) is 6.48. The van der Waals surface area contributed by atoms with E-state index >= 15 is 0 Å². The maximum Gasteiger partial charge on any atom is 0.0799 e. The van der Waals surface area contributed by atoms with Crippen LogP contribution in [0, 0.1) is 6.92 Å². The summed E-state index contributed by atoms with van der Waals surface area (Å²) in [5.74, 6) is 0. The Morgan fingerprint density at radius 2 is 2.25 bits per heavy atom. The second kappa shape index (κ2) is 5.81. The van der Waals surface area contributed by atoms with E-state index in [4.69, 9.17) is 0 Å². The summed E-state index contributed by atoms with van der Waals surface area (Å²) >= 11 is 5.24. The molecular formula is C15H14BrN3S. The minimum absolute atomic E-state index is 0.750. The molecule has 2 heterocycles. The summed E-state index contributed by atoms with van der Waals surface area (Å²) in [6.45, 7) is 2.84. The molecule has 20 heavy (non-hydrogen) atoms. The van der Waals surface area contributed by atoms with Crippen molar-refractivity contribution in [2.24, 2.45) is 0 Å². The van der Waals surface area contributed by atoms with Gasteiger partial charge in [0.25, 0.3) is 0 Å². The van der Waals surface area contributed by atoms with Crippen LogP contribution in [0.2, 0.25) is 0 Å². The first kappa shape index (κ1) is 13.4. The van der Waals surface area contributed by atoms with Crippen molar-refractivity contribution >= 4 is 33.0 Å². The standard InChI is InChI=1S/C15H14BrN3S/c1-10-5-12(16)7-13(6-10)17-8-11-9-18-19-15(11)14-3-2-4-20-14/h2-7,9,17H,8H2,1H3,(H,18,19). The summed E-state index contributed by atoms with van der Waals surface area (Å²) in [5, 5.41) is 12.8. The first-order valence-electron chi connectivity index (χ1n) is 6.29. The molecular weight excluding hydrogens is 334 g/mol. The number of nitrogens with one attached hydrogen (secondary N) is 2. The Morgan fingerprint density at radius 3 is 3.00 bits per heavy atom. The Balaban J connectivity index is 1.78. The predicted octanol–water partition coefficient (Wildman–Crippen LogP) is 4.82. The van der Waals surface area contributed by atoms with Crippen LogP contribution in [0.25, 0.3) is 10.6 Å². The van der Waals surface area contributed by atoms with E-state index in [1.165, 1.54) is 16.0 Å². The summed E-state index contributed by atoms with van der Waals surface area (Å²) in [5.41, 5.74) is 4.60. The van der Waals surface area contributed by atoms with Gasteiger partial charge in [-0.25, -0.2) is 0 Å². The molecule has 0 radical (unpaired) electrons. The van der Waals surface area contributed by atoms with Crippen LogP contribution in [0.3, 0.4) is 0 Å². The van der Waals surface area contributed by atoms with E-state index in [0.29, 0.717) is 0 Å². The predicted molar refractivity (Wildman–Crippen MR) is 88.1 cm³/mol. The van der Waals surface area contributed by atoms with Gasteiger partial charge in [-0.15, -0.1) is 11.3 Å². The first-order chi connectivity index (χ1) is 9.72. The van der Waals surface area contributed by atoms with Gasteiger partial charge in [0.2, 0.25) is 0 Å². The minimum atomic E-state index is 0.750. The molecule has 0 atom stereocenters. The average molecular weight is 348 g/mol. The van der Waals surface area contributed by atoms with E-state index in [-0.39, 0.29) is 0 Å². The number of benzene rings is 1. The van der Waals surface area contributed by atoms with Gasteiger partial charge in [-0.2, -0.15) is 5.10 Å². The molecule has 3 nitrogen and oxygen atoms in total. The lowest BCUT2D eigenvalue weighted by atomic mass is 10.2. The topological polar surface area (TPSA) is 40.7 Å². The molecule has 0 spiro atoms. The monoisotopic (exact) mass is 347 g/mol. The van der Waals surface area contributed by atoms with E-state index < -0.39 is 0 Å². The molecule has 3 aromatic rings. The average Bonchev–Trinajstić information content (AvgIpc) is 3.06. The van der Waals surface area contributed by atoms with E-state index in [1.807, 2.05) is 6.20 Å². The molecule has 0 aliphatic carbocycles. The highest BCUT2D eigenvalue weighted by atomic mass is 79.9. The quantitative estimate of drug-likeness (QED) is 0.710. The van der Waals surface area contributed by atoms with Gasteiger partial charge in [-0.05, 0) is 42.1 Å². The van der Waals surface area contributed by atoms with Gasteiger partial charge >= 0.3 is 0 Å². The molecule has 2 aromatic heterocycles. The Kier molecular flexibility index (Phi) is 3.89. The minimum Gasteiger partial charge on any atom is -0.381 e. The number of halogens is 1. The summed E-state index contributed by atoms with van der Waals surface area (Å²) in [6, 6.07) is 10.5. The van der Waals surface area contributed by atoms with Crippen LogP contribution in [-0.4, -0.2) is 10.2 Å². The third-order valence-electron chi connectivity index (χ3n) is 3.01. The van der Waals surface area contributed by atoms with Crippen molar-refractivity contribution in [3.63, 3.8) is 0 Å². The number of thiophene rings is 1. The largest absolute Gasteiger partial charge is 0.381 e. The van der Waals surface area contributed by atoms with Crippen LogP contribution < -0.4 is 5.32 Å². The maximum atomic E-state index is 4.16. The summed E-state index contributed by atoms with van der Waals surface area (Å²) in [6.07, 6.45) is 1.88. The molecule has 3 rings (SSSR count). The fourth-order valence-electron chi connectivity index (χ4n) is 2.11. The highest BCUT2D eigenvalue weighted by Gasteiger charge is 2.08. The molecule has 0 amide bonds. The zero-order valence-corrected chi connectivity index (χ0v) is 13.4. The SMILES string of the molecule is Cc1cc(Br)cc(NCc2cn[nH]c2-c2cccs2)c1. The van der Waals surface area contributed by atoms with Crippen LogP contribution in [0.1, 0.15) is 11.1 Å². The van der Waals surface area contributed by atoms with Crippen LogP contribution in [-0.2, 0) is 6.54 Å². The number of nitrogens with zero attached hydrogens (tertiary/aromatic N) is 1. The Morgan fingerprint density at radius 1 is 1.35 bits per heavy atom. The Bertz CT molecular complexity index is 683. The fraction of sp³-hybridized carbons (Fsp3) is 0.133. The van der Waals surface area contributed by atoms with Gasteiger partial charge < -0.3 is 5.32 Å². The van der Waals surface area contributed by atoms with Gasteiger partial charge in [-0.3, -0.25) is 5.10 Å². The third-order valence-corrected chi connectivity index (χ3v) is 4.36. The molecule has 0 saturated carbocycles. The lowest BCUT2D eigenvalue weighted by Gasteiger charge is -2.08. The molecule has 0 fully saturated rings. The lowest BCUT2D eigenvalue weighted by Crippen LogP contribution is -2.00. The number of aromatic nitrogens is 2. The molecule has 1 aromatic carbocycles. The van der Waals surface area contributed by atoms with Crippen molar-refractivity contribution in [1.29, 1.82) is 0 Å². The van der Waals surface area contributed by atoms with Crippen molar-refractivity contribution in [1.82, 2.24) is 10.2 Å². The number of hydrogen-bond donors (Lipinski definition) is 2. The molecule has 5 heteroatoms. The molecule has 0 aliphatic rings. The molecule has 2 N–H and O–H groups in total. The normalized spacial score (nSPS) is 10.7. The van der Waals surface area contributed by atoms with Gasteiger partial charge in [0, 0.05) is 22.3 Å². The molecule has 0 aliphatic heterocycles. The number of rotatable bonds is 4. The van der Waals surface area contributed by atoms with Crippen molar-refractivity contribution in [2.45, 2.75) is 13.5 Å². The smallest absolute Gasteiger partial charge is 0.0799 e. The molecule has 102 valence electrons. The number of aromatic amines is 1. The number of hydrogen-bond acceptors (Lipinski definition) is 3. The van der Waals surface area contributed by atoms with Crippen molar-refractivity contribution in [3.05, 3.63) is 57.5 Å².